The molecule has 0 saturated carbocycles. The summed E-state index contributed by atoms with van der Waals surface area (Å²) < 4.78 is 1.50. The van der Waals surface area contributed by atoms with Crippen LogP contribution in [0.25, 0.3) is 0 Å². The molecule has 1 aliphatic rings. The van der Waals surface area contributed by atoms with Crippen LogP contribution in [-0.2, 0) is 10.2 Å². The topological polar surface area (TPSA) is 77.0 Å². The highest BCUT2D eigenvalue weighted by Gasteiger charge is 2.31. The molecule has 1 unspecified atom stereocenters. The van der Waals surface area contributed by atoms with Gasteiger partial charge in [0.1, 0.15) is 0 Å². The Morgan fingerprint density at radius 1 is 1.46 bits per heavy atom. The zero-order valence-corrected chi connectivity index (χ0v) is 15.9. The number of hydrogen-bond donors (Lipinski definition) is 1. The predicted octanol–water partition coefficient (Wildman–Crippen LogP) is 2.81. The van der Waals surface area contributed by atoms with Gasteiger partial charge in [0.25, 0.3) is 0 Å². The van der Waals surface area contributed by atoms with Gasteiger partial charge < -0.3 is 10.7 Å². The van der Waals surface area contributed by atoms with Crippen molar-refractivity contribution in [2.75, 3.05) is 18.1 Å². The summed E-state index contributed by atoms with van der Waals surface area (Å²) >= 11 is 3.07. The lowest BCUT2D eigenvalue weighted by Gasteiger charge is -2.23. The van der Waals surface area contributed by atoms with E-state index in [-0.39, 0.29) is 17.4 Å². The normalized spacial score (nSPS) is 18.3. The summed E-state index contributed by atoms with van der Waals surface area (Å²) in [5, 5.41) is 10.9. The number of hydrogen-bond acceptors (Lipinski definition) is 6. The van der Waals surface area contributed by atoms with E-state index in [0.717, 1.165) is 25.2 Å². The van der Waals surface area contributed by atoms with Crippen LogP contribution in [0.15, 0.2) is 22.7 Å². The highest BCUT2D eigenvalue weighted by atomic mass is 32.2. The van der Waals surface area contributed by atoms with Gasteiger partial charge in [0.05, 0.1) is 11.8 Å². The molecular formula is C16H23N5OS2. The molecule has 1 fully saturated rings. The first-order chi connectivity index (χ1) is 11.4. The highest BCUT2D eigenvalue weighted by Crippen LogP contribution is 2.35. The number of carbonyl (C=O) groups excluding carboxylic acids is 1. The molecular weight excluding hydrogens is 342 g/mol. The van der Waals surface area contributed by atoms with Gasteiger partial charge in [0.15, 0.2) is 5.82 Å². The molecule has 24 heavy (non-hydrogen) atoms. The average Bonchev–Trinajstić information content (AvgIpc) is 3.24. The Hall–Kier alpha value is -1.54. The molecule has 0 radical (unpaired) electrons. The fourth-order valence-electron chi connectivity index (χ4n) is 2.94. The standard InChI is InChI=1S/C16H23N5OS2/c1-16(2,3)14-18-19-15(21(14)17)24-10-13(22)20-8-4-6-11(20)12-7-5-9-23-12/h5,7,9,11H,4,6,8,10,17H2,1-3H3. The molecule has 2 aromatic heterocycles. The van der Waals surface area contributed by atoms with Crippen molar-refractivity contribution in [1.82, 2.24) is 19.8 Å². The van der Waals surface area contributed by atoms with E-state index in [2.05, 4.69) is 21.6 Å². The van der Waals surface area contributed by atoms with E-state index in [1.54, 1.807) is 11.3 Å². The molecule has 6 nitrogen and oxygen atoms in total. The zero-order valence-electron chi connectivity index (χ0n) is 14.2. The van der Waals surface area contributed by atoms with Crippen LogP contribution < -0.4 is 5.84 Å². The third-order valence-electron chi connectivity index (χ3n) is 4.10. The molecule has 0 spiro atoms. The Labute approximate surface area is 150 Å². The summed E-state index contributed by atoms with van der Waals surface area (Å²) in [7, 11) is 0. The predicted molar refractivity (Wildman–Crippen MR) is 97.6 cm³/mol. The average molecular weight is 366 g/mol. The van der Waals surface area contributed by atoms with Crippen LogP contribution in [0.4, 0.5) is 0 Å². The summed E-state index contributed by atoms with van der Waals surface area (Å²) in [6.45, 7) is 6.94. The van der Waals surface area contributed by atoms with Crippen molar-refractivity contribution in [2.45, 2.75) is 50.2 Å². The Morgan fingerprint density at radius 3 is 2.88 bits per heavy atom. The Kier molecular flexibility index (Phi) is 4.87. The second-order valence-electron chi connectivity index (χ2n) is 6.98. The number of thiophene rings is 1. The van der Waals surface area contributed by atoms with E-state index in [9.17, 15) is 4.79 Å². The van der Waals surface area contributed by atoms with E-state index in [1.807, 2.05) is 31.7 Å². The number of likely N-dealkylation sites (tertiary alicyclic amines) is 1. The lowest BCUT2D eigenvalue weighted by molar-refractivity contribution is -0.129. The number of rotatable bonds is 4. The minimum absolute atomic E-state index is 0.135. The molecule has 2 aromatic rings. The first-order valence-electron chi connectivity index (χ1n) is 8.04. The van der Waals surface area contributed by atoms with Crippen LogP contribution in [0.5, 0.6) is 0 Å². The largest absolute Gasteiger partial charge is 0.336 e. The SMILES string of the molecule is CC(C)(C)c1nnc(SCC(=O)N2CCCC2c2cccs2)n1N. The maximum atomic E-state index is 12.7. The van der Waals surface area contributed by atoms with Crippen LogP contribution in [0.3, 0.4) is 0 Å². The van der Waals surface area contributed by atoms with E-state index >= 15 is 0 Å². The maximum Gasteiger partial charge on any atom is 0.233 e. The summed E-state index contributed by atoms with van der Waals surface area (Å²) in [4.78, 5) is 15.9. The monoisotopic (exact) mass is 365 g/mol. The molecule has 0 aromatic carbocycles. The first kappa shape index (κ1) is 17.3. The van der Waals surface area contributed by atoms with Gasteiger partial charge in [-0.3, -0.25) is 4.79 Å². The summed E-state index contributed by atoms with van der Waals surface area (Å²) in [6, 6.07) is 4.37. The number of nitrogens with two attached hydrogens (primary N) is 1. The highest BCUT2D eigenvalue weighted by molar-refractivity contribution is 7.99. The quantitative estimate of drug-likeness (QED) is 0.666. The second kappa shape index (κ2) is 6.76. The fourth-order valence-corrected chi connectivity index (χ4v) is 4.55. The summed E-state index contributed by atoms with van der Waals surface area (Å²) in [6.07, 6.45) is 2.10. The van der Waals surface area contributed by atoms with Crippen LogP contribution in [0, 0.1) is 0 Å². The van der Waals surface area contributed by atoms with E-state index in [4.69, 9.17) is 5.84 Å². The van der Waals surface area contributed by atoms with Crippen molar-refractivity contribution in [3.05, 3.63) is 28.2 Å². The van der Waals surface area contributed by atoms with Gasteiger partial charge >= 0.3 is 0 Å². The zero-order chi connectivity index (χ0) is 17.3. The van der Waals surface area contributed by atoms with Crippen molar-refractivity contribution < 1.29 is 4.79 Å². The molecule has 8 heteroatoms. The third-order valence-corrected chi connectivity index (χ3v) is 6.01. The van der Waals surface area contributed by atoms with E-state index < -0.39 is 0 Å². The third kappa shape index (κ3) is 3.44. The lowest BCUT2D eigenvalue weighted by atomic mass is 9.96. The Bertz CT molecular complexity index is 705. The number of amides is 1. The first-order valence-corrected chi connectivity index (χ1v) is 9.91. The number of nitrogens with zero attached hydrogens (tertiary/aromatic N) is 4. The molecule has 0 bridgehead atoms. The van der Waals surface area contributed by atoms with Crippen LogP contribution in [-0.4, -0.2) is 38.0 Å². The molecule has 2 N–H and O–H groups in total. The van der Waals surface area contributed by atoms with Crippen molar-refractivity contribution >= 4 is 29.0 Å². The maximum absolute atomic E-state index is 12.7. The van der Waals surface area contributed by atoms with Gasteiger partial charge in [0.2, 0.25) is 11.1 Å². The number of carbonyl (C=O) groups is 1. The molecule has 130 valence electrons. The summed E-state index contributed by atoms with van der Waals surface area (Å²) in [5.41, 5.74) is -0.177. The van der Waals surface area contributed by atoms with Crippen LogP contribution >= 0.6 is 23.1 Å². The lowest BCUT2D eigenvalue weighted by Crippen LogP contribution is -2.31. The summed E-state index contributed by atoms with van der Waals surface area (Å²) in [5.74, 6) is 7.27. The molecule has 3 heterocycles. The molecule has 1 atom stereocenters. The Balaban J connectivity index is 1.65. The van der Waals surface area contributed by atoms with Crippen molar-refractivity contribution in [3.8, 4) is 0 Å². The van der Waals surface area contributed by atoms with Crippen LogP contribution in [0.1, 0.15) is 50.4 Å². The van der Waals surface area contributed by atoms with E-state index in [1.165, 1.54) is 21.3 Å². The number of aromatic nitrogens is 3. The molecule has 3 rings (SSSR count). The van der Waals surface area contributed by atoms with Gasteiger partial charge in [-0.2, -0.15) is 0 Å². The fraction of sp³-hybridized carbons (Fsp3) is 0.562. The van der Waals surface area contributed by atoms with Crippen LogP contribution in [0.2, 0.25) is 0 Å². The molecule has 0 aliphatic carbocycles. The van der Waals surface area contributed by atoms with Gasteiger partial charge in [0, 0.05) is 16.8 Å². The van der Waals surface area contributed by atoms with E-state index in [0.29, 0.717) is 10.9 Å². The van der Waals surface area contributed by atoms with Crippen molar-refractivity contribution in [2.24, 2.45) is 0 Å². The number of thioether (sulfide) groups is 1. The minimum atomic E-state index is -0.177. The van der Waals surface area contributed by atoms with Gasteiger partial charge in [-0.25, -0.2) is 4.68 Å². The smallest absolute Gasteiger partial charge is 0.233 e. The van der Waals surface area contributed by atoms with Gasteiger partial charge in [-0.05, 0) is 24.3 Å². The van der Waals surface area contributed by atoms with Crippen molar-refractivity contribution in [3.63, 3.8) is 0 Å². The Morgan fingerprint density at radius 2 is 2.25 bits per heavy atom. The molecule has 1 aliphatic heterocycles. The minimum Gasteiger partial charge on any atom is -0.336 e. The molecule has 1 saturated heterocycles. The second-order valence-corrected chi connectivity index (χ2v) is 8.90. The van der Waals surface area contributed by atoms with Gasteiger partial charge in [-0.15, -0.1) is 21.5 Å². The number of nitrogen functional groups attached to an aromatic ring is 1. The van der Waals surface area contributed by atoms with Crippen molar-refractivity contribution in [1.29, 1.82) is 0 Å². The molecule has 1 amide bonds. The van der Waals surface area contributed by atoms with Gasteiger partial charge in [-0.1, -0.05) is 38.6 Å².